The largest absolute Gasteiger partial charge is 0.342 e. The molecule has 0 spiro atoms. The van der Waals surface area contributed by atoms with Gasteiger partial charge in [0.1, 0.15) is 0 Å². The standard InChI is InChI=1S/C16H22N2O/c19-16(7-6-13-4-2-1-3-5-13)18-11-14-8-15(12-18)10-17-9-14/h1-5,14-15,17H,6-12H2/t14-,15+. The van der Waals surface area contributed by atoms with Gasteiger partial charge in [-0.1, -0.05) is 30.3 Å². The summed E-state index contributed by atoms with van der Waals surface area (Å²) in [6.45, 7) is 4.08. The van der Waals surface area contributed by atoms with Crippen LogP contribution in [0.3, 0.4) is 0 Å². The zero-order valence-corrected chi connectivity index (χ0v) is 11.3. The number of nitrogens with zero attached hydrogens (tertiary/aromatic N) is 1. The summed E-state index contributed by atoms with van der Waals surface area (Å²) >= 11 is 0. The van der Waals surface area contributed by atoms with Crippen molar-refractivity contribution in [1.29, 1.82) is 0 Å². The Kier molecular flexibility index (Phi) is 3.83. The quantitative estimate of drug-likeness (QED) is 0.895. The molecule has 0 radical (unpaired) electrons. The number of aryl methyl sites for hydroxylation is 1. The molecular formula is C16H22N2O. The molecule has 2 fully saturated rings. The molecule has 0 aromatic heterocycles. The third-order valence-corrected chi connectivity index (χ3v) is 4.31. The van der Waals surface area contributed by atoms with E-state index in [1.54, 1.807) is 0 Å². The van der Waals surface area contributed by atoms with Gasteiger partial charge in [0.05, 0.1) is 0 Å². The van der Waals surface area contributed by atoms with Crippen LogP contribution in [0.25, 0.3) is 0 Å². The molecule has 2 aliphatic heterocycles. The van der Waals surface area contributed by atoms with Gasteiger partial charge in [-0.25, -0.2) is 0 Å². The lowest BCUT2D eigenvalue weighted by atomic mass is 9.85. The fraction of sp³-hybridized carbons (Fsp3) is 0.562. The second-order valence-electron chi connectivity index (χ2n) is 5.91. The monoisotopic (exact) mass is 258 g/mol. The first-order valence-electron chi connectivity index (χ1n) is 7.33. The summed E-state index contributed by atoms with van der Waals surface area (Å²) in [4.78, 5) is 14.4. The normalized spacial score (nSPS) is 26.2. The van der Waals surface area contributed by atoms with Crippen molar-refractivity contribution >= 4 is 5.91 Å². The van der Waals surface area contributed by atoms with E-state index in [0.29, 0.717) is 24.2 Å². The van der Waals surface area contributed by atoms with E-state index in [0.717, 1.165) is 32.6 Å². The highest BCUT2D eigenvalue weighted by atomic mass is 16.2. The summed E-state index contributed by atoms with van der Waals surface area (Å²) in [6, 6.07) is 10.3. The maximum atomic E-state index is 12.3. The number of amides is 1. The molecule has 0 aliphatic carbocycles. The predicted molar refractivity (Wildman–Crippen MR) is 75.8 cm³/mol. The van der Waals surface area contributed by atoms with E-state index >= 15 is 0 Å². The summed E-state index contributed by atoms with van der Waals surface area (Å²) in [6.07, 6.45) is 2.82. The van der Waals surface area contributed by atoms with Gasteiger partial charge in [0.2, 0.25) is 5.91 Å². The van der Waals surface area contributed by atoms with Crippen LogP contribution in [0.4, 0.5) is 0 Å². The first kappa shape index (κ1) is 12.7. The van der Waals surface area contributed by atoms with Crippen LogP contribution < -0.4 is 5.32 Å². The fourth-order valence-electron chi connectivity index (χ4n) is 3.36. The van der Waals surface area contributed by atoms with Crippen LogP contribution in [-0.2, 0) is 11.2 Å². The van der Waals surface area contributed by atoms with Gasteiger partial charge in [-0.15, -0.1) is 0 Å². The minimum Gasteiger partial charge on any atom is -0.342 e. The molecule has 1 aromatic rings. The average molecular weight is 258 g/mol. The summed E-state index contributed by atoms with van der Waals surface area (Å²) < 4.78 is 0. The van der Waals surface area contributed by atoms with E-state index in [4.69, 9.17) is 0 Å². The maximum absolute atomic E-state index is 12.3. The SMILES string of the molecule is O=C(CCc1ccccc1)N1C[C@@H]2CNC[C@@H](C2)C1. The van der Waals surface area contributed by atoms with Crippen LogP contribution in [0.2, 0.25) is 0 Å². The zero-order valence-electron chi connectivity index (χ0n) is 11.3. The predicted octanol–water partition coefficient (Wildman–Crippen LogP) is 1.69. The topological polar surface area (TPSA) is 32.3 Å². The number of hydrogen-bond acceptors (Lipinski definition) is 2. The van der Waals surface area contributed by atoms with Crippen molar-refractivity contribution in [2.75, 3.05) is 26.2 Å². The highest BCUT2D eigenvalue weighted by molar-refractivity contribution is 5.76. The molecule has 2 saturated heterocycles. The van der Waals surface area contributed by atoms with Crippen molar-refractivity contribution in [1.82, 2.24) is 10.2 Å². The van der Waals surface area contributed by atoms with Crippen LogP contribution in [0.1, 0.15) is 18.4 Å². The molecular weight excluding hydrogens is 236 g/mol. The van der Waals surface area contributed by atoms with E-state index in [2.05, 4.69) is 22.3 Å². The Labute approximate surface area is 115 Å². The van der Waals surface area contributed by atoms with Crippen molar-refractivity contribution in [3.8, 4) is 0 Å². The Morgan fingerprint density at radius 3 is 2.53 bits per heavy atom. The lowest BCUT2D eigenvalue weighted by molar-refractivity contribution is -0.134. The number of likely N-dealkylation sites (tertiary alicyclic amines) is 1. The molecule has 2 atom stereocenters. The molecule has 0 saturated carbocycles. The zero-order chi connectivity index (χ0) is 13.1. The van der Waals surface area contributed by atoms with Gasteiger partial charge in [0.15, 0.2) is 0 Å². The van der Waals surface area contributed by atoms with E-state index in [1.165, 1.54) is 12.0 Å². The molecule has 3 nitrogen and oxygen atoms in total. The van der Waals surface area contributed by atoms with Crippen molar-refractivity contribution in [3.05, 3.63) is 35.9 Å². The number of rotatable bonds is 3. The maximum Gasteiger partial charge on any atom is 0.222 e. The van der Waals surface area contributed by atoms with Crippen molar-refractivity contribution in [3.63, 3.8) is 0 Å². The van der Waals surface area contributed by atoms with Crippen LogP contribution in [0.5, 0.6) is 0 Å². The summed E-state index contributed by atoms with van der Waals surface area (Å²) in [5, 5.41) is 3.47. The van der Waals surface area contributed by atoms with Gasteiger partial charge in [-0.3, -0.25) is 4.79 Å². The van der Waals surface area contributed by atoms with E-state index < -0.39 is 0 Å². The Morgan fingerprint density at radius 1 is 1.16 bits per heavy atom. The molecule has 102 valence electrons. The number of benzene rings is 1. The Hall–Kier alpha value is -1.35. The fourth-order valence-corrected chi connectivity index (χ4v) is 3.36. The van der Waals surface area contributed by atoms with Gasteiger partial charge in [0, 0.05) is 19.5 Å². The molecule has 1 N–H and O–H groups in total. The molecule has 19 heavy (non-hydrogen) atoms. The Bertz CT molecular complexity index is 420. The van der Waals surface area contributed by atoms with Gasteiger partial charge in [-0.05, 0) is 43.3 Å². The molecule has 3 rings (SSSR count). The molecule has 2 heterocycles. The lowest BCUT2D eigenvalue weighted by Crippen LogP contribution is -2.52. The second kappa shape index (κ2) is 5.74. The molecule has 1 aromatic carbocycles. The first-order chi connectivity index (χ1) is 9.31. The summed E-state index contributed by atoms with van der Waals surface area (Å²) in [5.41, 5.74) is 1.26. The third kappa shape index (κ3) is 3.16. The van der Waals surface area contributed by atoms with Crippen LogP contribution in [0, 0.1) is 11.8 Å². The van der Waals surface area contributed by atoms with Gasteiger partial charge < -0.3 is 10.2 Å². The first-order valence-corrected chi connectivity index (χ1v) is 7.33. The van der Waals surface area contributed by atoms with E-state index in [9.17, 15) is 4.79 Å². The molecule has 2 bridgehead atoms. The molecule has 1 amide bonds. The number of piperidine rings is 2. The van der Waals surface area contributed by atoms with E-state index in [-0.39, 0.29) is 0 Å². The number of nitrogens with one attached hydrogen (secondary N) is 1. The highest BCUT2D eigenvalue weighted by Crippen LogP contribution is 2.25. The minimum absolute atomic E-state index is 0.334. The van der Waals surface area contributed by atoms with Gasteiger partial charge in [0.25, 0.3) is 0 Å². The molecule has 2 aliphatic rings. The summed E-state index contributed by atoms with van der Waals surface area (Å²) in [7, 11) is 0. The third-order valence-electron chi connectivity index (χ3n) is 4.31. The van der Waals surface area contributed by atoms with Crippen molar-refractivity contribution in [2.24, 2.45) is 11.8 Å². The number of fused-ring (bicyclic) bond motifs is 2. The Balaban J connectivity index is 1.53. The molecule has 0 unspecified atom stereocenters. The number of hydrogen-bond donors (Lipinski definition) is 1. The molecule has 3 heteroatoms. The Morgan fingerprint density at radius 2 is 1.84 bits per heavy atom. The second-order valence-corrected chi connectivity index (χ2v) is 5.91. The van der Waals surface area contributed by atoms with Crippen LogP contribution in [0.15, 0.2) is 30.3 Å². The van der Waals surface area contributed by atoms with Crippen molar-refractivity contribution < 1.29 is 4.79 Å². The lowest BCUT2D eigenvalue weighted by Gasteiger charge is -2.41. The average Bonchev–Trinajstić information content (AvgIpc) is 2.45. The number of carbonyl (C=O) groups excluding carboxylic acids is 1. The van der Waals surface area contributed by atoms with Crippen molar-refractivity contribution in [2.45, 2.75) is 19.3 Å². The number of carbonyl (C=O) groups is 1. The van der Waals surface area contributed by atoms with Crippen LogP contribution >= 0.6 is 0 Å². The van der Waals surface area contributed by atoms with Gasteiger partial charge >= 0.3 is 0 Å². The minimum atomic E-state index is 0.334. The van der Waals surface area contributed by atoms with E-state index in [1.807, 2.05) is 18.2 Å². The van der Waals surface area contributed by atoms with Crippen LogP contribution in [-0.4, -0.2) is 37.0 Å². The highest BCUT2D eigenvalue weighted by Gasteiger charge is 2.32. The summed E-state index contributed by atoms with van der Waals surface area (Å²) in [5.74, 6) is 1.68. The van der Waals surface area contributed by atoms with Gasteiger partial charge in [-0.2, -0.15) is 0 Å². The smallest absolute Gasteiger partial charge is 0.222 e.